The van der Waals surface area contributed by atoms with Gasteiger partial charge in [0.15, 0.2) is 0 Å². The van der Waals surface area contributed by atoms with Crippen LogP contribution in [0.4, 0.5) is 11.4 Å². The number of rotatable bonds is 5. The second-order valence-electron chi connectivity index (χ2n) is 17.6. The molecule has 276 valence electrons. The summed E-state index contributed by atoms with van der Waals surface area (Å²) in [6, 6.07) is 47.2. The lowest BCUT2D eigenvalue weighted by molar-refractivity contribution is 0.338. The number of hydrogen-bond acceptors (Lipinski definition) is 4. The number of hydrogen-bond donors (Lipinski definition) is 0. The molecule has 3 heterocycles. The minimum atomic E-state index is -0.188. The van der Waals surface area contributed by atoms with E-state index >= 15 is 0 Å². The normalized spacial score (nSPS) is 18.4. The molecule has 2 aliphatic rings. The third kappa shape index (κ3) is 5.19. The summed E-state index contributed by atoms with van der Waals surface area (Å²) < 4.78 is 2.46. The van der Waals surface area contributed by atoms with E-state index in [2.05, 4.69) is 211 Å². The van der Waals surface area contributed by atoms with E-state index in [1.807, 2.05) is 0 Å². The Morgan fingerprint density at radius 1 is 0.418 bits per heavy atom. The molecule has 2 aliphatic heterocycles. The van der Waals surface area contributed by atoms with Gasteiger partial charge in [0.05, 0.1) is 33.2 Å². The summed E-state index contributed by atoms with van der Waals surface area (Å²) in [6.45, 7) is 22.3. The Morgan fingerprint density at radius 3 is 1.42 bits per heavy atom. The van der Waals surface area contributed by atoms with Crippen LogP contribution in [0.5, 0.6) is 0 Å². The van der Waals surface area contributed by atoms with E-state index in [9.17, 15) is 0 Å². The molecule has 9 rings (SSSR count). The molecule has 0 radical (unpaired) electrons. The molecule has 7 aromatic rings. The largest absolute Gasteiger partial charge is 0.322 e. The highest BCUT2D eigenvalue weighted by atomic mass is 15.3. The molecule has 6 aromatic carbocycles. The van der Waals surface area contributed by atoms with Crippen LogP contribution in [0.15, 0.2) is 137 Å². The summed E-state index contributed by atoms with van der Waals surface area (Å²) in [5, 5.41) is 4.95. The third-order valence-corrected chi connectivity index (χ3v) is 13.3. The topological polar surface area (TPSA) is 36.1 Å². The number of para-hydroxylation sites is 1. The van der Waals surface area contributed by atoms with E-state index < -0.39 is 0 Å². The van der Waals surface area contributed by atoms with Crippen molar-refractivity contribution >= 4 is 55.6 Å². The van der Waals surface area contributed by atoms with Crippen molar-refractivity contribution in [2.24, 2.45) is 9.98 Å². The molecular weight excluding hydrogens is 671 g/mol. The predicted molar refractivity (Wildman–Crippen MR) is 237 cm³/mol. The van der Waals surface area contributed by atoms with Crippen molar-refractivity contribution in [2.75, 3.05) is 9.80 Å². The van der Waals surface area contributed by atoms with Gasteiger partial charge in [0.25, 0.3) is 0 Å². The summed E-state index contributed by atoms with van der Waals surface area (Å²) in [5.74, 6) is 2.11. The summed E-state index contributed by atoms with van der Waals surface area (Å²) in [7, 11) is 0. The van der Waals surface area contributed by atoms with Crippen LogP contribution >= 0.6 is 0 Å². The van der Waals surface area contributed by atoms with Gasteiger partial charge in [-0.3, -0.25) is 9.98 Å². The summed E-state index contributed by atoms with van der Waals surface area (Å²) in [4.78, 5) is 14.9. The molecule has 0 spiro atoms. The molecule has 0 unspecified atom stereocenters. The molecule has 0 amide bonds. The average Bonchev–Trinajstić information content (AvgIpc) is 3.63. The fourth-order valence-electron chi connectivity index (χ4n) is 9.25. The Kier molecular flexibility index (Phi) is 7.59. The number of nitrogens with zero attached hydrogens (tertiary/aromatic N) is 5. The van der Waals surface area contributed by atoms with Crippen molar-refractivity contribution in [3.05, 3.63) is 127 Å². The summed E-state index contributed by atoms with van der Waals surface area (Å²) >= 11 is 0. The zero-order valence-electron chi connectivity index (χ0n) is 33.9. The van der Waals surface area contributed by atoms with Crippen LogP contribution in [0.25, 0.3) is 60.5 Å². The van der Waals surface area contributed by atoms with E-state index in [4.69, 9.17) is 9.98 Å². The van der Waals surface area contributed by atoms with Crippen molar-refractivity contribution < 1.29 is 0 Å². The summed E-state index contributed by atoms with van der Waals surface area (Å²) in [5.41, 5.74) is 10.0. The van der Waals surface area contributed by atoms with Gasteiger partial charge < -0.3 is 14.4 Å². The monoisotopic (exact) mass is 721 g/mol. The molecule has 0 aliphatic carbocycles. The maximum atomic E-state index is 5.06. The first kappa shape index (κ1) is 35.0. The second kappa shape index (κ2) is 11.9. The van der Waals surface area contributed by atoms with Crippen LogP contribution in [0.2, 0.25) is 0 Å². The van der Waals surface area contributed by atoms with Gasteiger partial charge in [0.2, 0.25) is 0 Å². The molecule has 0 N–H and O–H groups in total. The third-order valence-electron chi connectivity index (χ3n) is 13.3. The lowest BCUT2D eigenvalue weighted by Crippen LogP contribution is -2.53. The standard InChI is InChI=1S/C50H51N5/c1-32-51-47(3,4)49(7,8)54(32)40-20-14-16-34(29-40)36-22-25-42-38(28-36)24-27-44-43-26-23-37(31-45(43)53(46(42)44)39-18-12-11-13-19-39)35-17-15-21-41(30-35)55-33(2)52-48(5,6)50(55,9)10/h11-31H,1-10H3. The lowest BCUT2D eigenvalue weighted by Gasteiger charge is -2.41. The molecular formula is C50H51N5. The number of fused-ring (bicyclic) bond motifs is 5. The van der Waals surface area contributed by atoms with Gasteiger partial charge in [-0.15, -0.1) is 0 Å². The van der Waals surface area contributed by atoms with Crippen LogP contribution in [-0.4, -0.2) is 38.4 Å². The highest BCUT2D eigenvalue weighted by Crippen LogP contribution is 2.44. The number of anilines is 2. The average molecular weight is 722 g/mol. The summed E-state index contributed by atoms with van der Waals surface area (Å²) in [6.07, 6.45) is 0. The Labute approximate surface area is 325 Å². The van der Waals surface area contributed by atoms with Crippen molar-refractivity contribution in [2.45, 2.75) is 91.4 Å². The number of aliphatic imine (C=N–C) groups is 2. The smallest absolute Gasteiger partial charge is 0.102 e. The Morgan fingerprint density at radius 2 is 0.891 bits per heavy atom. The van der Waals surface area contributed by atoms with Crippen LogP contribution < -0.4 is 9.80 Å². The minimum absolute atomic E-state index is 0.145. The van der Waals surface area contributed by atoms with Gasteiger partial charge in [0.1, 0.15) is 11.7 Å². The highest BCUT2D eigenvalue weighted by Gasteiger charge is 2.49. The molecule has 0 saturated carbocycles. The minimum Gasteiger partial charge on any atom is -0.322 e. The van der Waals surface area contributed by atoms with Crippen molar-refractivity contribution in [1.82, 2.24) is 4.57 Å². The first-order chi connectivity index (χ1) is 26.1. The van der Waals surface area contributed by atoms with E-state index in [1.54, 1.807) is 0 Å². The molecule has 5 nitrogen and oxygen atoms in total. The van der Waals surface area contributed by atoms with Gasteiger partial charge in [-0.2, -0.15) is 0 Å². The van der Waals surface area contributed by atoms with Gasteiger partial charge in [-0.05, 0) is 145 Å². The van der Waals surface area contributed by atoms with Crippen LogP contribution in [0.3, 0.4) is 0 Å². The lowest BCUT2D eigenvalue weighted by atomic mass is 9.83. The quantitative estimate of drug-likeness (QED) is 0.177. The Balaban J connectivity index is 1.17. The first-order valence-electron chi connectivity index (χ1n) is 19.6. The molecule has 1 aromatic heterocycles. The van der Waals surface area contributed by atoms with Crippen molar-refractivity contribution in [3.8, 4) is 27.9 Å². The maximum Gasteiger partial charge on any atom is 0.102 e. The van der Waals surface area contributed by atoms with Crippen molar-refractivity contribution in [3.63, 3.8) is 0 Å². The number of aromatic nitrogens is 1. The van der Waals surface area contributed by atoms with Gasteiger partial charge >= 0.3 is 0 Å². The van der Waals surface area contributed by atoms with Gasteiger partial charge in [-0.25, -0.2) is 0 Å². The van der Waals surface area contributed by atoms with Crippen LogP contribution in [0, 0.1) is 0 Å². The first-order valence-corrected chi connectivity index (χ1v) is 19.6. The van der Waals surface area contributed by atoms with Crippen LogP contribution in [-0.2, 0) is 0 Å². The molecule has 0 fully saturated rings. The number of amidine groups is 2. The van der Waals surface area contributed by atoms with Gasteiger partial charge in [0, 0.05) is 33.2 Å². The van der Waals surface area contributed by atoms with Crippen molar-refractivity contribution in [1.29, 1.82) is 0 Å². The van der Waals surface area contributed by atoms with E-state index in [0.717, 1.165) is 17.4 Å². The van der Waals surface area contributed by atoms with E-state index in [0.29, 0.717) is 0 Å². The fourth-order valence-corrected chi connectivity index (χ4v) is 9.25. The van der Waals surface area contributed by atoms with E-state index in [1.165, 1.54) is 66.2 Å². The Hall–Kier alpha value is -5.68. The maximum absolute atomic E-state index is 5.06. The fraction of sp³-hybridized carbons (Fsp3) is 0.280. The Bertz CT molecular complexity index is 2740. The second-order valence-corrected chi connectivity index (χ2v) is 17.6. The highest BCUT2D eigenvalue weighted by molar-refractivity contribution is 6.19. The molecule has 55 heavy (non-hydrogen) atoms. The van der Waals surface area contributed by atoms with E-state index in [-0.39, 0.29) is 22.2 Å². The molecule has 0 bridgehead atoms. The zero-order chi connectivity index (χ0) is 38.7. The zero-order valence-corrected chi connectivity index (χ0v) is 33.9. The predicted octanol–water partition coefficient (Wildman–Crippen LogP) is 12.9. The number of benzene rings is 6. The molecule has 5 heteroatoms. The molecule has 0 atom stereocenters. The SMILES string of the molecule is CC1=NC(C)(C)C(C)(C)N1c1cccc(-c2ccc3c(ccc4c5ccc(-c6cccc(N7C(C)=NC(C)(C)C7(C)C)c6)cc5n(-c5ccccc5)c34)c2)c1. The van der Waals surface area contributed by atoms with Crippen LogP contribution in [0.1, 0.15) is 69.2 Å². The molecule has 0 saturated heterocycles. The van der Waals surface area contributed by atoms with Gasteiger partial charge in [-0.1, -0.05) is 78.9 Å².